The van der Waals surface area contributed by atoms with E-state index in [9.17, 15) is 0 Å². The minimum Gasteiger partial charge on any atom is -0.382 e. The van der Waals surface area contributed by atoms with Crippen molar-refractivity contribution in [2.24, 2.45) is 11.7 Å². The molecular weight excluding hydrogens is 412 g/mol. The van der Waals surface area contributed by atoms with Gasteiger partial charge in [0.05, 0.1) is 24.3 Å². The highest BCUT2D eigenvalue weighted by Gasteiger charge is 2.34. The number of nitrogens with zero attached hydrogens (tertiary/aromatic N) is 2. The maximum Gasteiger partial charge on any atom is 0.131 e. The first-order valence-electron chi connectivity index (χ1n) is 11.4. The average Bonchev–Trinajstić information content (AvgIpc) is 2.78. The number of rotatable bonds is 8. The van der Waals surface area contributed by atoms with Gasteiger partial charge < -0.3 is 25.5 Å². The van der Waals surface area contributed by atoms with Crippen LogP contribution in [0.25, 0.3) is 10.9 Å². The fourth-order valence-corrected chi connectivity index (χ4v) is 4.04. The van der Waals surface area contributed by atoms with Crippen molar-refractivity contribution in [1.82, 2.24) is 4.98 Å². The van der Waals surface area contributed by atoms with Gasteiger partial charge >= 0.3 is 0 Å². The molecule has 0 aliphatic carbocycles. The van der Waals surface area contributed by atoms with Crippen LogP contribution in [0.5, 0.6) is 0 Å². The quantitative estimate of drug-likeness (QED) is 0.529. The van der Waals surface area contributed by atoms with E-state index in [2.05, 4.69) is 86.4 Å². The third-order valence-corrected chi connectivity index (χ3v) is 5.89. The number of ether oxygens (including phenoxy) is 1. The largest absolute Gasteiger partial charge is 0.382 e. The molecule has 176 valence electrons. The van der Waals surface area contributed by atoms with Crippen molar-refractivity contribution in [3.05, 3.63) is 65.2 Å². The SMILES string of the molecule is C=O.Cc1ccc2nc(N(Cc3ccccc3C)CC(C)C)cc(NCC3(N)COC3)c2c1. The van der Waals surface area contributed by atoms with E-state index < -0.39 is 0 Å². The molecular formula is C27H36N4O2. The summed E-state index contributed by atoms with van der Waals surface area (Å²) >= 11 is 0. The summed E-state index contributed by atoms with van der Waals surface area (Å²) in [6.45, 7) is 14.5. The molecule has 2 aromatic carbocycles. The van der Waals surface area contributed by atoms with Gasteiger partial charge in [-0.3, -0.25) is 0 Å². The van der Waals surface area contributed by atoms with E-state index in [1.165, 1.54) is 16.7 Å². The summed E-state index contributed by atoms with van der Waals surface area (Å²) in [7, 11) is 0. The van der Waals surface area contributed by atoms with Crippen LogP contribution in [0.2, 0.25) is 0 Å². The zero-order chi connectivity index (χ0) is 24.0. The van der Waals surface area contributed by atoms with Gasteiger partial charge in [0.2, 0.25) is 0 Å². The third-order valence-electron chi connectivity index (χ3n) is 5.89. The van der Waals surface area contributed by atoms with E-state index in [1.807, 2.05) is 6.79 Å². The molecule has 1 aliphatic rings. The topological polar surface area (TPSA) is 80.5 Å². The standard InChI is InChI=1S/C26H34N4O.CH2O/c1-18(2)13-30(14-21-8-6-5-7-20(21)4)25-12-24(28-15-26(27)16-31-17-26)22-11-19(3)9-10-23(22)29-25;1-2/h5-12,18H,13-17,27H2,1-4H3,(H,28,29);1H2. The maximum absolute atomic E-state index is 8.00. The molecule has 6 nitrogen and oxygen atoms in total. The number of pyridine rings is 1. The summed E-state index contributed by atoms with van der Waals surface area (Å²) in [4.78, 5) is 15.5. The second-order valence-corrected chi connectivity index (χ2v) is 9.46. The Morgan fingerprint density at radius 1 is 1.15 bits per heavy atom. The molecule has 1 saturated heterocycles. The third kappa shape index (κ3) is 6.09. The molecule has 1 fully saturated rings. The minimum atomic E-state index is -0.293. The van der Waals surface area contributed by atoms with Crippen LogP contribution >= 0.6 is 0 Å². The van der Waals surface area contributed by atoms with E-state index in [0.29, 0.717) is 25.7 Å². The van der Waals surface area contributed by atoms with Crippen molar-refractivity contribution in [2.75, 3.05) is 36.5 Å². The molecule has 1 aliphatic heterocycles. The van der Waals surface area contributed by atoms with Crippen molar-refractivity contribution >= 4 is 29.2 Å². The Balaban J connectivity index is 0.00000149. The van der Waals surface area contributed by atoms with Crippen LogP contribution in [0, 0.1) is 19.8 Å². The Labute approximate surface area is 197 Å². The molecule has 3 N–H and O–H groups in total. The van der Waals surface area contributed by atoms with E-state index in [1.54, 1.807) is 0 Å². The van der Waals surface area contributed by atoms with E-state index in [4.69, 9.17) is 20.2 Å². The van der Waals surface area contributed by atoms with E-state index >= 15 is 0 Å². The van der Waals surface area contributed by atoms with Crippen molar-refractivity contribution < 1.29 is 9.53 Å². The molecule has 33 heavy (non-hydrogen) atoms. The van der Waals surface area contributed by atoms with Crippen molar-refractivity contribution in [1.29, 1.82) is 0 Å². The van der Waals surface area contributed by atoms with Gasteiger partial charge in [-0.1, -0.05) is 49.7 Å². The Morgan fingerprint density at radius 2 is 1.88 bits per heavy atom. The number of hydrogen-bond acceptors (Lipinski definition) is 6. The highest BCUT2D eigenvalue weighted by atomic mass is 16.5. The lowest BCUT2D eigenvalue weighted by atomic mass is 9.99. The number of carbonyl (C=O) groups excluding carboxylic acids is 1. The van der Waals surface area contributed by atoms with E-state index in [0.717, 1.165) is 35.5 Å². The molecule has 0 spiro atoms. The van der Waals surface area contributed by atoms with Crippen LogP contribution in [0.4, 0.5) is 11.5 Å². The van der Waals surface area contributed by atoms with Gasteiger partial charge in [-0.05, 0) is 43.0 Å². The Kier molecular flexibility index (Phi) is 8.06. The predicted molar refractivity (Wildman–Crippen MR) is 137 cm³/mol. The number of nitrogens with two attached hydrogens (primary N) is 1. The molecule has 0 saturated carbocycles. The first-order valence-corrected chi connectivity index (χ1v) is 11.4. The molecule has 6 heteroatoms. The zero-order valence-corrected chi connectivity index (χ0v) is 20.2. The molecule has 0 bridgehead atoms. The Bertz CT molecular complexity index is 1080. The molecule has 0 radical (unpaired) electrons. The number of anilines is 2. The van der Waals surface area contributed by atoms with Crippen molar-refractivity contribution in [3.8, 4) is 0 Å². The number of fused-ring (bicyclic) bond motifs is 1. The first-order chi connectivity index (χ1) is 15.8. The van der Waals surface area contributed by atoms with Gasteiger partial charge in [0.25, 0.3) is 0 Å². The zero-order valence-electron chi connectivity index (χ0n) is 20.2. The molecule has 4 rings (SSSR count). The molecule has 3 aromatic rings. The number of carbonyl (C=O) groups is 1. The number of aromatic nitrogens is 1. The van der Waals surface area contributed by atoms with Crippen LogP contribution in [0.15, 0.2) is 48.5 Å². The van der Waals surface area contributed by atoms with Crippen LogP contribution in [0.1, 0.15) is 30.5 Å². The van der Waals surface area contributed by atoms with Gasteiger partial charge in [-0.25, -0.2) is 4.98 Å². The molecule has 1 aromatic heterocycles. The fraction of sp³-hybridized carbons (Fsp3) is 0.407. The summed E-state index contributed by atoms with van der Waals surface area (Å²) in [5.41, 5.74) is 12.0. The minimum absolute atomic E-state index is 0.293. The Hall–Kier alpha value is -2.96. The summed E-state index contributed by atoms with van der Waals surface area (Å²) in [5.74, 6) is 1.52. The maximum atomic E-state index is 8.00. The summed E-state index contributed by atoms with van der Waals surface area (Å²) in [6, 6.07) is 17.2. The van der Waals surface area contributed by atoms with Gasteiger partial charge in [0, 0.05) is 36.8 Å². The average molecular weight is 449 g/mol. The number of aryl methyl sites for hydroxylation is 2. The van der Waals surface area contributed by atoms with E-state index in [-0.39, 0.29) is 5.54 Å². The number of hydrogen-bond donors (Lipinski definition) is 2. The normalized spacial score (nSPS) is 14.4. The smallest absolute Gasteiger partial charge is 0.131 e. The Morgan fingerprint density at radius 3 is 2.52 bits per heavy atom. The fourth-order valence-electron chi connectivity index (χ4n) is 4.04. The van der Waals surface area contributed by atoms with Crippen molar-refractivity contribution in [2.45, 2.75) is 39.8 Å². The molecule has 0 atom stereocenters. The highest BCUT2D eigenvalue weighted by Crippen LogP contribution is 2.30. The van der Waals surface area contributed by atoms with Gasteiger partial charge in [-0.2, -0.15) is 0 Å². The lowest BCUT2D eigenvalue weighted by Gasteiger charge is -2.38. The van der Waals surface area contributed by atoms with Crippen molar-refractivity contribution in [3.63, 3.8) is 0 Å². The van der Waals surface area contributed by atoms with Gasteiger partial charge in [0.15, 0.2) is 0 Å². The molecule has 2 heterocycles. The number of benzene rings is 2. The second-order valence-electron chi connectivity index (χ2n) is 9.46. The first kappa shape index (κ1) is 24.7. The second kappa shape index (κ2) is 10.8. The van der Waals surface area contributed by atoms with Crippen LogP contribution < -0.4 is 16.0 Å². The van der Waals surface area contributed by atoms with Crippen LogP contribution in [-0.4, -0.2) is 43.6 Å². The molecule has 0 amide bonds. The van der Waals surface area contributed by atoms with Crippen LogP contribution in [-0.2, 0) is 16.1 Å². The molecule has 0 unspecified atom stereocenters. The summed E-state index contributed by atoms with van der Waals surface area (Å²) in [6.07, 6.45) is 0. The predicted octanol–water partition coefficient (Wildman–Crippen LogP) is 4.47. The summed E-state index contributed by atoms with van der Waals surface area (Å²) < 4.78 is 5.33. The summed E-state index contributed by atoms with van der Waals surface area (Å²) in [5, 5.41) is 4.74. The lowest BCUT2D eigenvalue weighted by molar-refractivity contribution is -0.0979. The lowest BCUT2D eigenvalue weighted by Crippen LogP contribution is -2.61. The van der Waals surface area contributed by atoms with Gasteiger partial charge in [0.1, 0.15) is 12.6 Å². The highest BCUT2D eigenvalue weighted by molar-refractivity contribution is 5.93. The number of nitrogens with one attached hydrogen (secondary N) is 1. The van der Waals surface area contributed by atoms with Gasteiger partial charge in [-0.15, -0.1) is 0 Å². The van der Waals surface area contributed by atoms with Crippen LogP contribution in [0.3, 0.4) is 0 Å². The monoisotopic (exact) mass is 448 g/mol.